The number of carboxylic acid groups (broad SMARTS) is 2. The standard InChI is InChI=1S/C35H41N9O10S2/c1-17-6-5-10-43(14-20(24(17)36)38-9-11-42(4)29(48)18-7-8-22(45)23(46)12-18)13-19-15-55-31-26(30(49)44(31)27(19)32(50)51)40-28(47)25(21-16-56-34(37)39-21)41-54-35(2,3)33(52)53/h5,7-8,10,12,14,16-17,26,31,36,38H,6,9,11,13,15H2,1-4H3,(H7,37,39,40,41,45,46,47,48,50,51,52,53)/p+1/t17?,26-,31?/m1/s1. The van der Waals surface area contributed by atoms with E-state index in [1.807, 2.05) is 13.0 Å². The van der Waals surface area contributed by atoms with Crippen molar-refractivity contribution >= 4 is 69.8 Å². The van der Waals surface area contributed by atoms with Crippen LogP contribution in [0, 0.1) is 5.92 Å². The average molecular weight is 813 g/mol. The number of aliphatic carboxylic acids is 2. The van der Waals surface area contributed by atoms with E-state index in [0.29, 0.717) is 23.4 Å². The third-order valence-corrected chi connectivity index (χ3v) is 11.0. The molecule has 3 atom stereocenters. The van der Waals surface area contributed by atoms with E-state index in [4.69, 9.17) is 16.3 Å². The Morgan fingerprint density at radius 2 is 1.91 bits per heavy atom. The van der Waals surface area contributed by atoms with Gasteiger partial charge in [-0.1, -0.05) is 12.1 Å². The van der Waals surface area contributed by atoms with Crippen LogP contribution in [0.4, 0.5) is 5.13 Å². The number of hydrogen-bond acceptors (Lipinski definition) is 15. The lowest BCUT2D eigenvalue weighted by molar-refractivity contribution is -0.442. The van der Waals surface area contributed by atoms with Gasteiger partial charge in [-0.15, -0.1) is 23.1 Å². The van der Waals surface area contributed by atoms with Gasteiger partial charge in [0.1, 0.15) is 28.5 Å². The molecule has 21 heteroatoms. The number of amides is 3. The molecule has 0 radical (unpaired) electrons. The van der Waals surface area contributed by atoms with Crippen molar-refractivity contribution in [2.45, 2.75) is 44.2 Å². The van der Waals surface area contributed by atoms with Crippen molar-refractivity contribution in [3.05, 3.63) is 69.8 Å². The number of nitrogens with one attached hydrogen (secondary N) is 2. The fraction of sp³-hybridized carbons (Fsp3) is 0.371. The van der Waals surface area contributed by atoms with Crippen LogP contribution in [0.2, 0.25) is 0 Å². The highest BCUT2D eigenvalue weighted by Gasteiger charge is 2.55. The predicted octanol–water partition coefficient (Wildman–Crippen LogP) is 0.628. The molecule has 1 aromatic carbocycles. The van der Waals surface area contributed by atoms with Gasteiger partial charge in [0, 0.05) is 54.0 Å². The van der Waals surface area contributed by atoms with Crippen LogP contribution >= 0.6 is 23.1 Å². The number of phenolic OH excluding ortho intramolecular Hbond substituents is 2. The maximum Gasteiger partial charge on any atom is 0.352 e. The van der Waals surface area contributed by atoms with E-state index < -0.39 is 52.2 Å². The van der Waals surface area contributed by atoms with Crippen LogP contribution in [0.25, 0.3) is 0 Å². The van der Waals surface area contributed by atoms with Gasteiger partial charge < -0.3 is 52.3 Å². The number of likely N-dealkylation sites (N-methyl/N-ethyl adjacent to an activating group) is 1. The van der Waals surface area contributed by atoms with Crippen molar-refractivity contribution in [1.29, 1.82) is 0 Å². The van der Waals surface area contributed by atoms with Gasteiger partial charge in [-0.2, -0.15) is 4.58 Å². The molecule has 5 rings (SSSR count). The fourth-order valence-electron chi connectivity index (χ4n) is 5.69. The summed E-state index contributed by atoms with van der Waals surface area (Å²) >= 11 is 2.26. The lowest BCUT2D eigenvalue weighted by Crippen LogP contribution is -2.71. The maximum absolute atomic E-state index is 13.5. The number of aromatic nitrogens is 1. The Bertz CT molecular complexity index is 2110. The molecule has 0 aliphatic carbocycles. The Kier molecular flexibility index (Phi) is 12.3. The predicted molar refractivity (Wildman–Crippen MR) is 206 cm³/mol. The molecule has 0 saturated carbocycles. The number of allylic oxidation sites excluding steroid dienone is 3. The van der Waals surface area contributed by atoms with Crippen LogP contribution in [0.15, 0.2) is 63.7 Å². The largest absolute Gasteiger partial charge is 0.504 e. The smallest absolute Gasteiger partial charge is 0.352 e. The monoisotopic (exact) mass is 812 g/mol. The van der Waals surface area contributed by atoms with Gasteiger partial charge in [-0.25, -0.2) is 14.6 Å². The van der Waals surface area contributed by atoms with E-state index >= 15 is 0 Å². The number of hydrogen-bond donors (Lipinski definition) is 8. The average Bonchev–Trinajstić information content (AvgIpc) is 3.58. The van der Waals surface area contributed by atoms with Gasteiger partial charge in [0.15, 0.2) is 41.3 Å². The first-order valence-electron chi connectivity index (χ1n) is 17.1. The zero-order chi connectivity index (χ0) is 41.1. The number of phenols is 2. The first-order valence-corrected chi connectivity index (χ1v) is 19.0. The van der Waals surface area contributed by atoms with E-state index in [1.54, 1.807) is 24.0 Å². The minimum Gasteiger partial charge on any atom is -0.504 e. The number of nitrogens with two attached hydrogens (primary N) is 2. The SMILES string of the molecule is CC1CC=C[N+](CC2=C(C(=O)O)N3C(=O)[C@@H](NC(=O)/C(=N\OC(C)(C)C(=O)O)c4csc(N)n4)C3SC2)=CC(NCCN(C)C(=O)c2ccc(O)c(O)c2)=C1N. The van der Waals surface area contributed by atoms with Crippen molar-refractivity contribution in [3.63, 3.8) is 0 Å². The van der Waals surface area contributed by atoms with Gasteiger partial charge in [-0.3, -0.25) is 19.3 Å². The van der Waals surface area contributed by atoms with Crippen molar-refractivity contribution in [2.24, 2.45) is 16.8 Å². The lowest BCUT2D eigenvalue weighted by Gasteiger charge is -2.49. The van der Waals surface area contributed by atoms with Crippen LogP contribution in [0.5, 0.6) is 11.5 Å². The highest BCUT2D eigenvalue weighted by Crippen LogP contribution is 2.40. The highest BCUT2D eigenvalue weighted by atomic mass is 32.2. The van der Waals surface area contributed by atoms with Gasteiger partial charge >= 0.3 is 11.9 Å². The topological polar surface area (TPSA) is 286 Å². The summed E-state index contributed by atoms with van der Waals surface area (Å²) in [6, 6.07) is 2.67. The van der Waals surface area contributed by atoms with Crippen LogP contribution < -0.4 is 22.1 Å². The molecule has 298 valence electrons. The van der Waals surface area contributed by atoms with Gasteiger partial charge in [0.05, 0.1) is 0 Å². The number of carbonyl (C=O) groups excluding carboxylic acids is 3. The first kappa shape index (κ1) is 41.1. The van der Waals surface area contributed by atoms with Gasteiger partial charge in [-0.05, 0) is 44.5 Å². The Morgan fingerprint density at radius 1 is 1.18 bits per heavy atom. The molecule has 19 nitrogen and oxygen atoms in total. The number of anilines is 1. The fourth-order valence-corrected chi connectivity index (χ4v) is 7.58. The number of thioether (sulfide) groups is 1. The van der Waals surface area contributed by atoms with E-state index in [9.17, 15) is 44.4 Å². The third-order valence-electron chi connectivity index (χ3n) is 9.02. The summed E-state index contributed by atoms with van der Waals surface area (Å²) in [5.74, 6) is -5.24. The van der Waals surface area contributed by atoms with E-state index in [-0.39, 0.29) is 65.0 Å². The summed E-state index contributed by atoms with van der Waals surface area (Å²) in [4.78, 5) is 75.9. The number of fused-ring (bicyclic) bond motifs is 1. The minimum absolute atomic E-state index is 0.00856. The number of thiazole rings is 1. The zero-order valence-electron chi connectivity index (χ0n) is 30.8. The summed E-state index contributed by atoms with van der Waals surface area (Å²) in [6.07, 6.45) is 6.00. The van der Waals surface area contributed by atoms with Gasteiger partial charge in [0.25, 0.3) is 17.7 Å². The number of oxime groups is 1. The second-order valence-corrected chi connectivity index (χ2v) is 15.6. The summed E-state index contributed by atoms with van der Waals surface area (Å²) in [6.45, 7) is 5.02. The molecule has 1 fully saturated rings. The molecule has 3 aliphatic heterocycles. The summed E-state index contributed by atoms with van der Waals surface area (Å²) in [5.41, 5.74) is 11.5. The Balaban J connectivity index is 1.31. The molecule has 0 bridgehead atoms. The summed E-state index contributed by atoms with van der Waals surface area (Å²) in [5, 5.41) is 49.5. The number of nitrogen functional groups attached to an aromatic ring is 1. The van der Waals surface area contributed by atoms with E-state index in [1.165, 1.54) is 54.1 Å². The minimum atomic E-state index is -1.80. The zero-order valence-corrected chi connectivity index (χ0v) is 32.4. The molecule has 56 heavy (non-hydrogen) atoms. The second kappa shape index (κ2) is 16.7. The molecule has 1 aromatic heterocycles. The van der Waals surface area contributed by atoms with Crippen LogP contribution in [0.3, 0.4) is 0 Å². The lowest BCUT2D eigenvalue weighted by atomic mass is 10.0. The molecule has 2 unspecified atom stereocenters. The van der Waals surface area contributed by atoms with Crippen LogP contribution in [0.1, 0.15) is 43.2 Å². The van der Waals surface area contributed by atoms with Crippen molar-refractivity contribution < 1.29 is 53.8 Å². The Labute approximate surface area is 328 Å². The van der Waals surface area contributed by atoms with Crippen molar-refractivity contribution in [1.82, 2.24) is 25.4 Å². The van der Waals surface area contributed by atoms with Crippen LogP contribution in [-0.4, -0.2) is 131 Å². The van der Waals surface area contributed by atoms with Gasteiger partial charge in [0.2, 0.25) is 5.60 Å². The normalized spacial score (nSPS) is 20.0. The van der Waals surface area contributed by atoms with Crippen molar-refractivity contribution in [3.8, 4) is 11.5 Å². The summed E-state index contributed by atoms with van der Waals surface area (Å²) < 4.78 is 1.75. The number of nitrogens with zero attached hydrogens (tertiary/aromatic N) is 5. The van der Waals surface area contributed by atoms with Crippen LogP contribution in [-0.2, 0) is 24.0 Å². The molecule has 2 aromatic rings. The molecule has 4 heterocycles. The number of rotatable bonds is 14. The number of aromatic hydroxyl groups is 2. The van der Waals surface area contributed by atoms with E-state index in [0.717, 1.165) is 16.2 Å². The Hall–Kier alpha value is -6.09. The number of β-lactam (4-membered cyclic amide) rings is 1. The van der Waals surface area contributed by atoms with E-state index in [2.05, 4.69) is 20.8 Å². The second-order valence-electron chi connectivity index (χ2n) is 13.6. The summed E-state index contributed by atoms with van der Waals surface area (Å²) in [7, 11) is 1.59. The number of carboxylic acids is 2. The Morgan fingerprint density at radius 3 is 2.55 bits per heavy atom. The first-order chi connectivity index (χ1) is 26.4. The number of benzene rings is 1. The maximum atomic E-state index is 13.5. The van der Waals surface area contributed by atoms with Crippen molar-refractivity contribution in [2.75, 3.05) is 38.2 Å². The molecule has 1 saturated heterocycles. The molecule has 3 aliphatic rings. The quantitative estimate of drug-likeness (QED) is 0.0427. The number of carbonyl (C=O) groups is 5. The molecule has 0 spiro atoms. The molecular weight excluding hydrogens is 771 g/mol. The molecular formula is C35H42N9O10S2+. The molecule has 3 amide bonds. The third kappa shape index (κ3) is 8.89. The molecule has 10 N–H and O–H groups in total. The highest BCUT2D eigenvalue weighted by molar-refractivity contribution is 8.00.